The predicted octanol–water partition coefficient (Wildman–Crippen LogP) is 6.90. The number of hydrogen-bond acceptors (Lipinski definition) is 11. The third kappa shape index (κ3) is 9.10. The predicted molar refractivity (Wildman–Crippen MR) is 258 cm³/mol. The molecular formula is C53H53F2N9O6. The molecule has 0 spiro atoms. The van der Waals surface area contributed by atoms with E-state index in [2.05, 4.69) is 46.7 Å². The van der Waals surface area contributed by atoms with Crippen molar-refractivity contribution in [3.8, 4) is 11.5 Å². The van der Waals surface area contributed by atoms with E-state index in [-0.39, 0.29) is 24.1 Å². The third-order valence-corrected chi connectivity index (χ3v) is 15.0. The van der Waals surface area contributed by atoms with Gasteiger partial charge in [0.05, 0.1) is 22.5 Å². The van der Waals surface area contributed by atoms with Crippen molar-refractivity contribution in [1.82, 2.24) is 30.0 Å². The summed E-state index contributed by atoms with van der Waals surface area (Å²) in [6.07, 6.45) is 12.8. The zero-order valence-electron chi connectivity index (χ0n) is 38.5. The first-order chi connectivity index (χ1) is 34.0. The number of hydrogen-bond donors (Lipinski definition) is 3. The maximum atomic E-state index is 15.9. The molecule has 15 nitrogen and oxygen atoms in total. The second kappa shape index (κ2) is 18.7. The van der Waals surface area contributed by atoms with Gasteiger partial charge in [0.1, 0.15) is 34.6 Å². The van der Waals surface area contributed by atoms with Crippen molar-refractivity contribution in [3.05, 3.63) is 120 Å². The largest absolute Gasteiger partial charge is 0.457 e. The first-order valence-electron chi connectivity index (χ1n) is 24.2. The number of benzene rings is 3. The Kier molecular flexibility index (Phi) is 12.1. The van der Waals surface area contributed by atoms with Crippen LogP contribution in [0.4, 0.5) is 25.8 Å². The van der Waals surface area contributed by atoms with Crippen molar-refractivity contribution in [3.63, 3.8) is 0 Å². The van der Waals surface area contributed by atoms with Gasteiger partial charge in [-0.3, -0.25) is 49.1 Å². The van der Waals surface area contributed by atoms with Crippen LogP contribution in [0.25, 0.3) is 17.0 Å². The van der Waals surface area contributed by atoms with Gasteiger partial charge in [-0.2, -0.15) is 0 Å². The van der Waals surface area contributed by atoms with E-state index in [1.54, 1.807) is 47.6 Å². The lowest BCUT2D eigenvalue weighted by atomic mass is 9.84. The third-order valence-electron chi connectivity index (χ3n) is 15.0. The minimum absolute atomic E-state index is 0.221. The molecule has 6 fully saturated rings. The van der Waals surface area contributed by atoms with E-state index in [1.165, 1.54) is 36.8 Å². The van der Waals surface area contributed by atoms with Crippen LogP contribution in [-0.2, 0) is 25.7 Å². The molecule has 70 heavy (non-hydrogen) atoms. The Morgan fingerprint density at radius 3 is 2.29 bits per heavy atom. The van der Waals surface area contributed by atoms with Crippen molar-refractivity contribution >= 4 is 63.6 Å². The lowest BCUT2D eigenvalue weighted by molar-refractivity contribution is -0.137. The second-order valence-corrected chi connectivity index (χ2v) is 19.5. The molecule has 5 amide bonds. The van der Waals surface area contributed by atoms with Crippen LogP contribution in [0.5, 0.6) is 11.5 Å². The Balaban J connectivity index is 0.627. The molecular weight excluding hydrogens is 897 g/mol. The van der Waals surface area contributed by atoms with Gasteiger partial charge in [0.15, 0.2) is 0 Å². The van der Waals surface area contributed by atoms with Gasteiger partial charge >= 0.3 is 0 Å². The molecule has 2 aromatic heterocycles. The molecule has 360 valence electrons. The number of nitrogens with zero attached hydrogens (tertiary/aromatic N) is 6. The van der Waals surface area contributed by atoms with Gasteiger partial charge in [-0.05, 0) is 135 Å². The van der Waals surface area contributed by atoms with E-state index in [0.717, 1.165) is 69.8 Å². The molecule has 1 aliphatic carbocycles. The summed E-state index contributed by atoms with van der Waals surface area (Å²) < 4.78 is 35.5. The van der Waals surface area contributed by atoms with Crippen LogP contribution in [0, 0.1) is 23.0 Å². The minimum atomic E-state index is -1.19. The fourth-order valence-corrected chi connectivity index (χ4v) is 10.9. The highest BCUT2D eigenvalue weighted by Gasteiger charge is 2.56. The average molecular weight is 950 g/mol. The Morgan fingerprint density at radius 2 is 1.59 bits per heavy atom. The number of aromatic nitrogens is 2. The summed E-state index contributed by atoms with van der Waals surface area (Å²) in [4.78, 5) is 81.2. The van der Waals surface area contributed by atoms with Crippen molar-refractivity contribution in [2.75, 3.05) is 54.8 Å². The quantitative estimate of drug-likeness (QED) is 0.0783. The van der Waals surface area contributed by atoms with Gasteiger partial charge in [0.2, 0.25) is 23.6 Å². The number of carbonyl (C=O) groups excluding carboxylic acids is 5. The zero-order chi connectivity index (χ0) is 48.1. The number of ether oxygens (including phenoxy) is 1. The highest BCUT2D eigenvalue weighted by atomic mass is 19.1. The van der Waals surface area contributed by atoms with E-state index >= 15 is 4.39 Å². The molecule has 0 radical (unpaired) electrons. The molecule has 3 N–H and O–H groups in total. The number of pyridine rings is 2. The van der Waals surface area contributed by atoms with Gasteiger partial charge in [-0.25, -0.2) is 8.78 Å². The van der Waals surface area contributed by atoms with Gasteiger partial charge in [-0.1, -0.05) is 6.08 Å². The zero-order valence-corrected chi connectivity index (χ0v) is 38.5. The first kappa shape index (κ1) is 45.3. The molecule has 1 saturated carbocycles. The van der Waals surface area contributed by atoms with Gasteiger partial charge in [0, 0.05) is 93.5 Å². The number of piperazine rings is 1. The summed E-state index contributed by atoms with van der Waals surface area (Å²) in [6.45, 7) is 5.99. The number of fused-ring (bicyclic) bond motifs is 4. The second-order valence-electron chi connectivity index (χ2n) is 19.5. The van der Waals surface area contributed by atoms with E-state index < -0.39 is 35.0 Å². The van der Waals surface area contributed by atoms with E-state index in [4.69, 9.17) is 4.74 Å². The van der Waals surface area contributed by atoms with E-state index in [1.807, 2.05) is 18.2 Å². The monoisotopic (exact) mass is 949 g/mol. The Labute approximate surface area is 403 Å². The summed E-state index contributed by atoms with van der Waals surface area (Å²) in [6, 6.07) is 19.5. The summed E-state index contributed by atoms with van der Waals surface area (Å²) in [7, 11) is 0. The van der Waals surface area contributed by atoms with Gasteiger partial charge in [0.25, 0.3) is 5.91 Å². The van der Waals surface area contributed by atoms with Crippen molar-refractivity contribution in [2.45, 2.75) is 76.0 Å². The smallest absolute Gasteiger partial charge is 0.256 e. The molecule has 8 heterocycles. The van der Waals surface area contributed by atoms with Crippen LogP contribution >= 0.6 is 0 Å². The summed E-state index contributed by atoms with van der Waals surface area (Å²) >= 11 is 0. The lowest BCUT2D eigenvalue weighted by Gasteiger charge is -2.57. The average Bonchev–Trinajstić information content (AvgIpc) is 4.12. The number of amides is 5. The number of rotatable bonds is 14. The Morgan fingerprint density at radius 1 is 0.871 bits per heavy atom. The first-order valence-corrected chi connectivity index (χ1v) is 24.2. The summed E-state index contributed by atoms with van der Waals surface area (Å²) in [5, 5.41) is 8.44. The van der Waals surface area contributed by atoms with Gasteiger partial charge < -0.3 is 25.2 Å². The van der Waals surface area contributed by atoms with Crippen LogP contribution in [0.3, 0.4) is 0 Å². The normalized spacial score (nSPS) is 22.2. The highest BCUT2D eigenvalue weighted by Crippen LogP contribution is 2.48. The number of piperidine rings is 3. The molecule has 3 atom stereocenters. The molecule has 5 saturated heterocycles. The lowest BCUT2D eigenvalue weighted by Crippen LogP contribution is -2.69. The maximum Gasteiger partial charge on any atom is 0.256 e. The van der Waals surface area contributed by atoms with Crippen LogP contribution < -0.4 is 25.6 Å². The molecule has 6 aliphatic heterocycles. The standard InChI is InChI=1S/C53H53F2N9O6/c54-34-4-6-35(7-5-34)58-51(68)53(17-18-53)52(69)59-36-8-10-40(11-9-36)70-47-14-19-56-44-26-46(43(55)25-41(44)47)62-21-15-32(16-22-62)28-63-38-24-39(63)31-61(30-38)20-2-1-3-37-23-33-29-64(50(67)42(33)27-57-37)45-12-13-48(65)60-49(45)66/h1,3-11,14,19,23,25-27,32,38-39,45H,2,12-13,15-18,20-22,24,28-31H2,(H,58,68)(H,59,69)(H,60,65,66)/b3-1-. The van der Waals surface area contributed by atoms with Crippen LogP contribution in [-0.4, -0.2) is 112 Å². The van der Waals surface area contributed by atoms with Crippen molar-refractivity contribution < 1.29 is 37.5 Å². The maximum absolute atomic E-state index is 15.9. The number of imide groups is 1. The SMILES string of the molecule is O=C1CCC(N2Cc3cc(/C=C\CCN4CC5CC(C4)N5CC4CCN(c5cc6nccc(Oc7ccc(NC(=O)C8(C(=O)Nc9ccc(F)cc9)CC8)cc7)c6cc5F)CC4)ncc3C2=O)C(=O)N1. The molecule has 17 heteroatoms. The van der Waals surface area contributed by atoms with Crippen molar-refractivity contribution in [2.24, 2.45) is 11.3 Å². The fraction of sp³-hybridized carbons (Fsp3) is 0.377. The topological polar surface area (TPSA) is 169 Å². The highest BCUT2D eigenvalue weighted by molar-refractivity contribution is 6.17. The number of carbonyl (C=O) groups is 5. The van der Waals surface area contributed by atoms with Crippen LogP contribution in [0.15, 0.2) is 91.3 Å². The molecule has 12 rings (SSSR count). The molecule has 2 bridgehead atoms. The van der Waals surface area contributed by atoms with Gasteiger partial charge in [-0.15, -0.1) is 0 Å². The molecule has 7 aliphatic rings. The molecule has 5 aromatic rings. The van der Waals surface area contributed by atoms with Crippen molar-refractivity contribution in [1.29, 1.82) is 0 Å². The Hall–Kier alpha value is -7.11. The Bertz CT molecular complexity index is 2910. The number of halogens is 2. The van der Waals surface area contributed by atoms with E-state index in [0.29, 0.717) is 88.8 Å². The number of anilines is 3. The molecule has 3 aromatic carbocycles. The minimum Gasteiger partial charge on any atom is -0.457 e. The van der Waals surface area contributed by atoms with Crippen LogP contribution in [0.2, 0.25) is 0 Å². The fourth-order valence-electron chi connectivity index (χ4n) is 10.9. The number of nitrogens with one attached hydrogen (secondary N) is 3. The summed E-state index contributed by atoms with van der Waals surface area (Å²) in [5.41, 5.74) is 3.02. The van der Waals surface area contributed by atoms with E-state index in [9.17, 15) is 28.4 Å². The summed E-state index contributed by atoms with van der Waals surface area (Å²) in [5.74, 6) is -1.06. The molecule has 3 unspecified atom stereocenters. The van der Waals surface area contributed by atoms with Crippen LogP contribution in [0.1, 0.15) is 73.0 Å².